The molecule has 2 atom stereocenters. The van der Waals surface area contributed by atoms with Crippen molar-refractivity contribution in [1.29, 1.82) is 5.26 Å². The summed E-state index contributed by atoms with van der Waals surface area (Å²) in [6.07, 6.45) is -4.61. The molecule has 5 nitrogen and oxygen atoms in total. The van der Waals surface area contributed by atoms with Crippen LogP contribution in [0.2, 0.25) is 0 Å². The Hall–Kier alpha value is -3.19. The molecule has 0 spiro atoms. The first-order chi connectivity index (χ1) is 15.8. The zero-order valence-corrected chi connectivity index (χ0v) is 18.4. The van der Waals surface area contributed by atoms with Crippen LogP contribution in [0.5, 0.6) is 0 Å². The van der Waals surface area contributed by atoms with Crippen molar-refractivity contribution < 1.29 is 31.2 Å². The largest absolute Gasteiger partial charge is 0.456 e. The molecule has 10 heteroatoms. The summed E-state index contributed by atoms with van der Waals surface area (Å²) in [5.41, 5.74) is -2.90. The van der Waals surface area contributed by atoms with Gasteiger partial charge in [0.15, 0.2) is 0 Å². The molecule has 1 aliphatic rings. The van der Waals surface area contributed by atoms with E-state index in [1.165, 1.54) is 36.4 Å². The zero-order valence-electron chi connectivity index (χ0n) is 18.4. The lowest BCUT2D eigenvalue weighted by Crippen LogP contribution is -2.53. The van der Waals surface area contributed by atoms with Crippen molar-refractivity contribution in [1.82, 2.24) is 10.6 Å². The number of halogens is 5. The molecule has 0 unspecified atom stereocenters. The third-order valence-electron chi connectivity index (χ3n) is 5.82. The van der Waals surface area contributed by atoms with Crippen LogP contribution in [0.3, 0.4) is 0 Å². The summed E-state index contributed by atoms with van der Waals surface area (Å²) >= 11 is 0. The number of fused-ring (bicyclic) bond motifs is 3. The number of furan rings is 1. The average Bonchev–Trinajstić information content (AvgIpc) is 3.41. The summed E-state index contributed by atoms with van der Waals surface area (Å²) in [5, 5.41) is 14.8. The van der Waals surface area contributed by atoms with E-state index in [0.29, 0.717) is 29.2 Å². The number of carbonyl (C=O) groups excluding carboxylic acids is 1. The number of alkyl halides is 4. The fourth-order valence-corrected chi connectivity index (χ4v) is 3.95. The summed E-state index contributed by atoms with van der Waals surface area (Å²) < 4.78 is 76.0. The van der Waals surface area contributed by atoms with E-state index in [1.54, 1.807) is 0 Å². The Balaban J connectivity index is 1.69. The van der Waals surface area contributed by atoms with Crippen molar-refractivity contribution in [3.63, 3.8) is 0 Å². The van der Waals surface area contributed by atoms with Crippen molar-refractivity contribution in [3.8, 4) is 6.07 Å². The van der Waals surface area contributed by atoms with Crippen molar-refractivity contribution in [2.24, 2.45) is 0 Å². The Morgan fingerprint density at radius 2 is 1.82 bits per heavy atom. The molecule has 2 N–H and O–H groups in total. The van der Waals surface area contributed by atoms with Gasteiger partial charge in [0.25, 0.3) is 0 Å². The van der Waals surface area contributed by atoms with Crippen molar-refractivity contribution >= 4 is 27.8 Å². The lowest BCUT2D eigenvalue weighted by molar-refractivity contribution is -0.161. The number of nitrogens with one attached hydrogen (secondary N) is 2. The lowest BCUT2D eigenvalue weighted by Gasteiger charge is -2.30. The predicted molar refractivity (Wildman–Crippen MR) is 115 cm³/mol. The monoisotopic (exact) mass is 479 g/mol. The van der Waals surface area contributed by atoms with Crippen molar-refractivity contribution in [3.05, 3.63) is 47.8 Å². The first kappa shape index (κ1) is 24.0. The molecular weight excluding hydrogens is 457 g/mol. The number of hydrogen-bond donors (Lipinski definition) is 2. The minimum absolute atomic E-state index is 0.113. The van der Waals surface area contributed by atoms with E-state index in [4.69, 9.17) is 4.42 Å². The SMILES string of the molecule is CC(C)(F)C[C@H](N[C@@H](c1ccc2c(c1)oc1ccc(F)cc12)C(F)(F)F)C(=O)NC1(C#N)CC1. The van der Waals surface area contributed by atoms with Gasteiger partial charge in [0.05, 0.1) is 12.1 Å². The molecule has 0 aliphatic heterocycles. The number of benzene rings is 2. The smallest absolute Gasteiger partial charge is 0.407 e. The number of nitrogens with zero attached hydrogens (tertiary/aromatic N) is 1. The first-order valence-corrected chi connectivity index (χ1v) is 10.7. The van der Waals surface area contributed by atoms with Crippen LogP contribution in [0, 0.1) is 17.1 Å². The maximum atomic E-state index is 14.4. The van der Waals surface area contributed by atoms with Crippen LogP contribution in [0.25, 0.3) is 21.9 Å². The molecule has 1 aliphatic carbocycles. The van der Waals surface area contributed by atoms with E-state index in [9.17, 15) is 32.0 Å². The molecule has 1 fully saturated rings. The highest BCUT2D eigenvalue weighted by Crippen LogP contribution is 2.38. The van der Waals surface area contributed by atoms with Gasteiger partial charge in [-0.15, -0.1) is 0 Å². The highest BCUT2D eigenvalue weighted by Gasteiger charge is 2.48. The molecule has 0 bridgehead atoms. The van der Waals surface area contributed by atoms with Gasteiger partial charge in [-0.1, -0.05) is 12.1 Å². The van der Waals surface area contributed by atoms with E-state index >= 15 is 0 Å². The van der Waals surface area contributed by atoms with Gasteiger partial charge in [-0.05, 0) is 56.5 Å². The predicted octanol–water partition coefficient (Wildman–Crippen LogP) is 5.60. The third kappa shape index (κ3) is 4.99. The van der Waals surface area contributed by atoms with Crippen LogP contribution in [0.1, 0.15) is 44.7 Å². The van der Waals surface area contributed by atoms with Gasteiger partial charge in [0.1, 0.15) is 34.2 Å². The highest BCUT2D eigenvalue weighted by atomic mass is 19.4. The van der Waals surface area contributed by atoms with Crippen LogP contribution < -0.4 is 10.6 Å². The van der Waals surface area contributed by atoms with Crippen molar-refractivity contribution in [2.45, 2.75) is 62.6 Å². The minimum Gasteiger partial charge on any atom is -0.456 e. The fraction of sp³-hybridized carbons (Fsp3) is 0.417. The molecule has 1 aromatic heterocycles. The van der Waals surface area contributed by atoms with Gasteiger partial charge in [-0.25, -0.2) is 8.78 Å². The second kappa shape index (κ2) is 8.24. The molecule has 0 saturated heterocycles. The molecule has 4 rings (SSSR count). The standard InChI is InChI=1S/C24H22F5N3O2/c1-22(2,26)11-17(21(33)32-23(12-30)7-8-23)31-20(24(27,28)29)13-3-5-15-16-10-14(25)4-6-18(16)34-19(15)9-13/h3-6,9-10,17,20,31H,7-8,11H2,1-2H3,(H,32,33)/t17-,20-/m0/s1. The maximum Gasteiger partial charge on any atom is 0.407 e. The second-order valence-corrected chi connectivity index (χ2v) is 9.30. The number of carbonyl (C=O) groups is 1. The third-order valence-corrected chi connectivity index (χ3v) is 5.82. The Bertz CT molecular complexity index is 1280. The molecule has 1 amide bonds. The van der Waals surface area contributed by atoms with Gasteiger partial charge >= 0.3 is 6.18 Å². The highest BCUT2D eigenvalue weighted by molar-refractivity contribution is 6.05. The van der Waals surface area contributed by atoms with Gasteiger partial charge in [0.2, 0.25) is 5.91 Å². The molecule has 1 saturated carbocycles. The summed E-state index contributed by atoms with van der Waals surface area (Å²) in [7, 11) is 0. The van der Waals surface area contributed by atoms with Crippen LogP contribution >= 0.6 is 0 Å². The van der Waals surface area contributed by atoms with E-state index < -0.39 is 47.6 Å². The zero-order chi connectivity index (χ0) is 24.9. The molecule has 3 aromatic rings. The number of hydrogen-bond acceptors (Lipinski definition) is 4. The fourth-order valence-electron chi connectivity index (χ4n) is 3.95. The molecule has 0 radical (unpaired) electrons. The average molecular weight is 479 g/mol. The molecule has 180 valence electrons. The minimum atomic E-state index is -4.84. The quantitative estimate of drug-likeness (QED) is 0.433. The Kier molecular flexibility index (Phi) is 5.80. The molecule has 34 heavy (non-hydrogen) atoms. The Labute approximate surface area is 191 Å². The van der Waals surface area contributed by atoms with Crippen molar-refractivity contribution in [2.75, 3.05) is 0 Å². The molecule has 2 aromatic carbocycles. The van der Waals surface area contributed by atoms with E-state index in [-0.39, 0.29) is 11.1 Å². The number of amides is 1. The molecule has 1 heterocycles. The van der Waals surface area contributed by atoms with Gasteiger partial charge in [0, 0.05) is 17.2 Å². The topological polar surface area (TPSA) is 78.1 Å². The van der Waals surface area contributed by atoms with Crippen LogP contribution in [-0.4, -0.2) is 29.3 Å². The summed E-state index contributed by atoms with van der Waals surface area (Å²) in [6, 6.07) is 5.62. The normalized spacial score (nSPS) is 17.4. The Morgan fingerprint density at radius 1 is 1.12 bits per heavy atom. The number of rotatable bonds is 7. The van der Waals surface area contributed by atoms with Gasteiger partial charge in [-0.3, -0.25) is 10.1 Å². The van der Waals surface area contributed by atoms with Gasteiger partial charge < -0.3 is 9.73 Å². The van der Waals surface area contributed by atoms with Crippen LogP contribution in [0.4, 0.5) is 22.0 Å². The molecular formula is C24H22F5N3O2. The van der Waals surface area contributed by atoms with E-state index in [1.807, 2.05) is 6.07 Å². The second-order valence-electron chi connectivity index (χ2n) is 9.30. The maximum absolute atomic E-state index is 14.4. The summed E-state index contributed by atoms with van der Waals surface area (Å²) in [5.74, 6) is -1.39. The first-order valence-electron chi connectivity index (χ1n) is 10.7. The summed E-state index contributed by atoms with van der Waals surface area (Å²) in [6.45, 7) is 2.32. The Morgan fingerprint density at radius 3 is 2.41 bits per heavy atom. The lowest BCUT2D eigenvalue weighted by atomic mass is 9.97. The van der Waals surface area contributed by atoms with Crippen LogP contribution in [-0.2, 0) is 4.79 Å². The number of nitriles is 1. The van der Waals surface area contributed by atoms with Gasteiger partial charge in [-0.2, -0.15) is 18.4 Å². The summed E-state index contributed by atoms with van der Waals surface area (Å²) in [4.78, 5) is 12.8. The van der Waals surface area contributed by atoms with E-state index in [0.717, 1.165) is 13.8 Å². The van der Waals surface area contributed by atoms with Crippen LogP contribution in [0.15, 0.2) is 40.8 Å². The van der Waals surface area contributed by atoms with E-state index in [2.05, 4.69) is 10.6 Å².